The van der Waals surface area contributed by atoms with E-state index in [1.54, 1.807) is 20.8 Å². The summed E-state index contributed by atoms with van der Waals surface area (Å²) in [7, 11) is 1.49. The van der Waals surface area contributed by atoms with Gasteiger partial charge in [0.15, 0.2) is 0 Å². The first-order valence-corrected chi connectivity index (χ1v) is 4.16. The molecular weight excluding hydrogens is 172 g/mol. The van der Waals surface area contributed by atoms with Crippen LogP contribution in [-0.2, 0) is 9.57 Å². The maximum atomic E-state index is 11.2. The van der Waals surface area contributed by atoms with Crippen LogP contribution in [0.2, 0.25) is 0 Å². The molecule has 5 nitrogen and oxygen atoms in total. The zero-order valence-electron chi connectivity index (χ0n) is 8.66. The quantitative estimate of drug-likeness (QED) is 0.667. The molecule has 13 heavy (non-hydrogen) atoms. The van der Waals surface area contributed by atoms with Gasteiger partial charge in [0, 0.05) is 13.6 Å². The molecule has 0 aromatic heterocycles. The summed E-state index contributed by atoms with van der Waals surface area (Å²) in [6.07, 6.45) is -0.513. The first-order chi connectivity index (χ1) is 5.87. The summed E-state index contributed by atoms with van der Waals surface area (Å²) in [4.78, 5) is 16.1. The molecule has 0 saturated carbocycles. The average Bonchev–Trinajstić information content (AvgIpc) is 1.96. The highest BCUT2D eigenvalue weighted by molar-refractivity contribution is 5.66. The fourth-order valence-electron chi connectivity index (χ4n) is 0.569. The molecule has 0 fully saturated rings. The lowest BCUT2D eigenvalue weighted by Crippen LogP contribution is -2.35. The minimum Gasteiger partial charge on any atom is -0.442 e. The number of carbonyl (C=O) groups is 1. The number of hydrogen-bond donors (Lipinski definition) is 1. The fourth-order valence-corrected chi connectivity index (χ4v) is 0.569. The molecule has 2 N–H and O–H groups in total. The molecule has 0 unspecified atom stereocenters. The smallest absolute Gasteiger partial charge is 0.434 e. The van der Waals surface area contributed by atoms with Crippen LogP contribution in [0.25, 0.3) is 0 Å². The molecule has 0 aliphatic heterocycles. The van der Waals surface area contributed by atoms with Crippen molar-refractivity contribution in [2.45, 2.75) is 26.4 Å². The van der Waals surface area contributed by atoms with Gasteiger partial charge in [-0.3, -0.25) is 4.84 Å². The Morgan fingerprint density at radius 2 is 2.00 bits per heavy atom. The number of amides is 1. The molecule has 0 saturated heterocycles. The average molecular weight is 190 g/mol. The lowest BCUT2D eigenvalue weighted by Gasteiger charge is -2.23. The van der Waals surface area contributed by atoms with Crippen LogP contribution >= 0.6 is 0 Å². The van der Waals surface area contributed by atoms with Gasteiger partial charge in [0.25, 0.3) is 0 Å². The molecule has 0 spiro atoms. The molecule has 1 amide bonds. The minimum atomic E-state index is -0.513. The van der Waals surface area contributed by atoms with Gasteiger partial charge in [-0.2, -0.15) is 5.06 Å². The van der Waals surface area contributed by atoms with Crippen molar-refractivity contribution in [2.24, 2.45) is 5.73 Å². The summed E-state index contributed by atoms with van der Waals surface area (Å²) in [6, 6.07) is 0. The number of nitrogens with two attached hydrogens (primary N) is 1. The Balaban J connectivity index is 3.83. The largest absolute Gasteiger partial charge is 0.442 e. The van der Waals surface area contributed by atoms with Gasteiger partial charge >= 0.3 is 6.09 Å². The van der Waals surface area contributed by atoms with E-state index in [9.17, 15) is 4.79 Å². The zero-order valence-corrected chi connectivity index (χ0v) is 8.66. The first-order valence-electron chi connectivity index (χ1n) is 4.16. The van der Waals surface area contributed by atoms with E-state index in [1.807, 2.05) is 0 Å². The van der Waals surface area contributed by atoms with Gasteiger partial charge < -0.3 is 10.5 Å². The predicted molar refractivity (Wildman–Crippen MR) is 49.0 cm³/mol. The Hall–Kier alpha value is -0.810. The number of carbonyl (C=O) groups excluding carboxylic acids is 1. The third-order valence-electron chi connectivity index (χ3n) is 1.05. The van der Waals surface area contributed by atoms with Gasteiger partial charge in [-0.15, -0.1) is 0 Å². The van der Waals surface area contributed by atoms with Gasteiger partial charge in [0.2, 0.25) is 0 Å². The highest BCUT2D eigenvalue weighted by atomic mass is 16.7. The van der Waals surface area contributed by atoms with Crippen molar-refractivity contribution in [1.82, 2.24) is 5.06 Å². The normalized spacial score (nSPS) is 11.2. The van der Waals surface area contributed by atoms with Crippen molar-refractivity contribution in [3.8, 4) is 0 Å². The Morgan fingerprint density at radius 1 is 1.46 bits per heavy atom. The van der Waals surface area contributed by atoms with Gasteiger partial charge in [-0.25, -0.2) is 4.79 Å². The van der Waals surface area contributed by atoms with Crippen LogP contribution in [0.5, 0.6) is 0 Å². The molecule has 5 heteroatoms. The predicted octanol–water partition coefficient (Wildman–Crippen LogP) is 0.744. The number of rotatable bonds is 3. The second kappa shape index (κ2) is 5.04. The van der Waals surface area contributed by atoms with Crippen LogP contribution in [0.3, 0.4) is 0 Å². The highest BCUT2D eigenvalue weighted by Crippen LogP contribution is 2.08. The molecule has 0 aliphatic rings. The van der Waals surface area contributed by atoms with Crippen LogP contribution in [0.1, 0.15) is 20.8 Å². The highest BCUT2D eigenvalue weighted by Gasteiger charge is 2.19. The number of ether oxygens (including phenoxy) is 1. The zero-order chi connectivity index (χ0) is 10.5. The van der Waals surface area contributed by atoms with E-state index in [-0.39, 0.29) is 0 Å². The summed E-state index contributed by atoms with van der Waals surface area (Å²) < 4.78 is 5.02. The van der Waals surface area contributed by atoms with Crippen LogP contribution in [0.4, 0.5) is 4.79 Å². The summed E-state index contributed by atoms with van der Waals surface area (Å²) >= 11 is 0. The molecule has 0 aromatic carbocycles. The fraction of sp³-hybridized carbons (Fsp3) is 0.875. The van der Waals surface area contributed by atoms with Crippen molar-refractivity contribution in [2.75, 3.05) is 20.2 Å². The van der Waals surface area contributed by atoms with Gasteiger partial charge in [-0.1, -0.05) is 0 Å². The Kier molecular flexibility index (Phi) is 4.72. The summed E-state index contributed by atoms with van der Waals surface area (Å²) in [5.74, 6) is 0. The maximum absolute atomic E-state index is 11.2. The molecule has 0 heterocycles. The molecular formula is C8H18N2O3. The summed E-state index contributed by atoms with van der Waals surface area (Å²) in [6.45, 7) is 6.05. The van der Waals surface area contributed by atoms with Crippen LogP contribution in [-0.4, -0.2) is 37.0 Å². The van der Waals surface area contributed by atoms with Crippen molar-refractivity contribution in [3.05, 3.63) is 0 Å². The van der Waals surface area contributed by atoms with Gasteiger partial charge in [0.1, 0.15) is 5.60 Å². The summed E-state index contributed by atoms with van der Waals surface area (Å²) in [5.41, 5.74) is 4.70. The monoisotopic (exact) mass is 190 g/mol. The Labute approximate surface area is 78.7 Å². The molecule has 0 atom stereocenters. The lowest BCUT2D eigenvalue weighted by atomic mass is 10.2. The number of hydrogen-bond acceptors (Lipinski definition) is 4. The van der Waals surface area contributed by atoms with Crippen molar-refractivity contribution < 1.29 is 14.4 Å². The number of nitrogens with zero attached hydrogens (tertiary/aromatic N) is 1. The van der Waals surface area contributed by atoms with Crippen molar-refractivity contribution >= 4 is 6.09 Å². The standard InChI is InChI=1S/C8H18N2O3/c1-8(2,3)13-7(11)10(4)12-6-5-9/h5-6,9H2,1-4H3. The van der Waals surface area contributed by atoms with E-state index in [2.05, 4.69) is 0 Å². The van der Waals surface area contributed by atoms with Crippen LogP contribution < -0.4 is 5.73 Å². The molecule has 0 aromatic rings. The minimum absolute atomic E-state index is 0.301. The van der Waals surface area contributed by atoms with E-state index in [0.29, 0.717) is 13.2 Å². The van der Waals surface area contributed by atoms with Gasteiger partial charge in [0.05, 0.1) is 6.61 Å². The third-order valence-corrected chi connectivity index (χ3v) is 1.05. The third kappa shape index (κ3) is 6.36. The molecule has 0 rings (SSSR count). The Bertz CT molecular complexity index is 165. The molecule has 0 bridgehead atoms. The molecule has 0 aliphatic carbocycles. The van der Waals surface area contributed by atoms with E-state index in [4.69, 9.17) is 15.3 Å². The van der Waals surface area contributed by atoms with E-state index in [0.717, 1.165) is 5.06 Å². The van der Waals surface area contributed by atoms with Crippen molar-refractivity contribution in [1.29, 1.82) is 0 Å². The van der Waals surface area contributed by atoms with E-state index < -0.39 is 11.7 Å². The SMILES string of the molecule is CN(OCCN)C(=O)OC(C)(C)C. The molecule has 0 radical (unpaired) electrons. The second-order valence-corrected chi connectivity index (χ2v) is 3.60. The van der Waals surface area contributed by atoms with Crippen LogP contribution in [0, 0.1) is 0 Å². The van der Waals surface area contributed by atoms with E-state index >= 15 is 0 Å². The molecule has 78 valence electrons. The van der Waals surface area contributed by atoms with Crippen LogP contribution in [0.15, 0.2) is 0 Å². The maximum Gasteiger partial charge on any atom is 0.434 e. The summed E-state index contributed by atoms with van der Waals surface area (Å²) in [5, 5.41) is 1.04. The Morgan fingerprint density at radius 3 is 2.38 bits per heavy atom. The van der Waals surface area contributed by atoms with E-state index in [1.165, 1.54) is 7.05 Å². The van der Waals surface area contributed by atoms with Crippen molar-refractivity contribution in [3.63, 3.8) is 0 Å². The first kappa shape index (κ1) is 12.2. The second-order valence-electron chi connectivity index (χ2n) is 3.60. The van der Waals surface area contributed by atoms with Gasteiger partial charge in [-0.05, 0) is 20.8 Å². The number of hydroxylamine groups is 2. The topological polar surface area (TPSA) is 64.8 Å². The lowest BCUT2D eigenvalue weighted by molar-refractivity contribution is -0.128.